The zero-order valence-electron chi connectivity index (χ0n) is 12.1. The van der Waals surface area contributed by atoms with Gasteiger partial charge in [-0.25, -0.2) is 4.79 Å². The number of rotatable bonds is 7. The van der Waals surface area contributed by atoms with Crippen LogP contribution in [0.25, 0.3) is 0 Å². The monoisotopic (exact) mass is 305 g/mol. The van der Waals surface area contributed by atoms with Crippen molar-refractivity contribution in [3.8, 4) is 0 Å². The topological polar surface area (TPSA) is 123 Å². The van der Waals surface area contributed by atoms with Gasteiger partial charge in [-0.2, -0.15) is 0 Å². The van der Waals surface area contributed by atoms with Gasteiger partial charge in [-0.1, -0.05) is 0 Å². The van der Waals surface area contributed by atoms with Crippen LogP contribution in [0.5, 0.6) is 0 Å². The van der Waals surface area contributed by atoms with Crippen LogP contribution >= 0.6 is 0 Å². The van der Waals surface area contributed by atoms with Crippen LogP contribution in [0.2, 0.25) is 0 Å². The second kappa shape index (κ2) is 6.90. The van der Waals surface area contributed by atoms with Gasteiger partial charge in [0, 0.05) is 37.4 Å². The first-order valence-corrected chi connectivity index (χ1v) is 6.92. The second-order valence-corrected chi connectivity index (χ2v) is 4.95. The molecular formula is C14H19N5O3. The van der Waals surface area contributed by atoms with Gasteiger partial charge in [0.2, 0.25) is 0 Å². The Morgan fingerprint density at radius 1 is 1.32 bits per heavy atom. The van der Waals surface area contributed by atoms with Crippen LogP contribution in [-0.2, 0) is 4.79 Å². The lowest BCUT2D eigenvalue weighted by Gasteiger charge is -2.19. The number of urea groups is 1. The summed E-state index contributed by atoms with van der Waals surface area (Å²) in [6, 6.07) is 6.85. The Morgan fingerprint density at radius 3 is 2.59 bits per heavy atom. The van der Waals surface area contributed by atoms with Gasteiger partial charge < -0.3 is 21.1 Å². The summed E-state index contributed by atoms with van der Waals surface area (Å²) in [6.07, 6.45) is 0. The third-order valence-corrected chi connectivity index (χ3v) is 3.42. The van der Waals surface area contributed by atoms with E-state index in [-0.39, 0.29) is 18.4 Å². The fourth-order valence-corrected chi connectivity index (χ4v) is 2.26. The number of nitrogens with two attached hydrogens (primary N) is 1. The summed E-state index contributed by atoms with van der Waals surface area (Å²) in [5.74, 6) is -0.926. The van der Waals surface area contributed by atoms with Crippen molar-refractivity contribution < 1.29 is 14.7 Å². The normalized spacial score (nSPS) is 14.5. The van der Waals surface area contributed by atoms with Gasteiger partial charge in [0.1, 0.15) is 5.84 Å². The first kappa shape index (κ1) is 15.8. The lowest BCUT2D eigenvalue weighted by atomic mass is 10.2. The molecule has 2 rings (SSSR count). The zero-order valence-corrected chi connectivity index (χ0v) is 12.1. The molecule has 1 heterocycles. The van der Waals surface area contributed by atoms with Crippen molar-refractivity contribution in [2.75, 3.05) is 37.6 Å². The number of amidine groups is 1. The predicted octanol–water partition coefficient (Wildman–Crippen LogP) is -0.113. The molecule has 1 fully saturated rings. The molecule has 1 aliphatic heterocycles. The van der Waals surface area contributed by atoms with E-state index >= 15 is 0 Å². The molecule has 1 aromatic rings. The Kier molecular flexibility index (Phi) is 4.95. The number of nitrogens with one attached hydrogen (secondary N) is 2. The van der Waals surface area contributed by atoms with Gasteiger partial charge in [0.25, 0.3) is 0 Å². The molecule has 0 aliphatic carbocycles. The van der Waals surface area contributed by atoms with Crippen molar-refractivity contribution in [2.45, 2.75) is 0 Å². The minimum atomic E-state index is -0.917. The highest BCUT2D eigenvalue weighted by atomic mass is 16.4. The SMILES string of the molecule is N=C(N)c1ccc(N2CCN(CCNCC(=O)O)C2=O)cc1. The van der Waals surface area contributed by atoms with E-state index in [0.29, 0.717) is 31.7 Å². The van der Waals surface area contributed by atoms with Crippen LogP contribution in [-0.4, -0.2) is 60.6 Å². The maximum Gasteiger partial charge on any atom is 0.324 e. The Bertz CT molecular complexity index is 572. The molecule has 0 atom stereocenters. The molecule has 0 unspecified atom stereocenters. The van der Waals surface area contributed by atoms with E-state index in [0.717, 1.165) is 5.69 Å². The van der Waals surface area contributed by atoms with Crippen molar-refractivity contribution in [1.29, 1.82) is 5.41 Å². The van der Waals surface area contributed by atoms with Gasteiger partial charge in [-0.05, 0) is 24.3 Å². The Labute approximate surface area is 128 Å². The number of hydrogen-bond acceptors (Lipinski definition) is 4. The fraction of sp³-hybridized carbons (Fsp3) is 0.357. The molecule has 0 spiro atoms. The molecular weight excluding hydrogens is 286 g/mol. The van der Waals surface area contributed by atoms with Gasteiger partial charge in [0.15, 0.2) is 0 Å². The molecule has 118 valence electrons. The maximum absolute atomic E-state index is 12.3. The first-order chi connectivity index (χ1) is 10.5. The van der Waals surface area contributed by atoms with Crippen LogP contribution in [0.3, 0.4) is 0 Å². The molecule has 2 amide bonds. The first-order valence-electron chi connectivity index (χ1n) is 6.92. The Morgan fingerprint density at radius 2 is 2.00 bits per heavy atom. The molecule has 0 bridgehead atoms. The van der Waals surface area contributed by atoms with Gasteiger partial charge in [0.05, 0.1) is 6.54 Å². The molecule has 5 N–H and O–H groups in total. The molecule has 1 aromatic carbocycles. The summed E-state index contributed by atoms with van der Waals surface area (Å²) in [5.41, 5.74) is 6.78. The highest BCUT2D eigenvalue weighted by molar-refractivity contribution is 5.97. The lowest BCUT2D eigenvalue weighted by Crippen LogP contribution is -2.37. The van der Waals surface area contributed by atoms with Crippen molar-refractivity contribution >= 4 is 23.5 Å². The number of carboxylic acid groups (broad SMARTS) is 1. The van der Waals surface area contributed by atoms with Crippen molar-refractivity contribution in [3.63, 3.8) is 0 Å². The zero-order chi connectivity index (χ0) is 16.1. The number of nitrogens with zero attached hydrogens (tertiary/aromatic N) is 2. The summed E-state index contributed by atoms with van der Waals surface area (Å²) in [7, 11) is 0. The molecule has 22 heavy (non-hydrogen) atoms. The van der Waals surface area contributed by atoms with Crippen LogP contribution in [0.15, 0.2) is 24.3 Å². The van der Waals surface area contributed by atoms with Gasteiger partial charge in [-0.3, -0.25) is 15.1 Å². The third kappa shape index (κ3) is 3.73. The molecule has 8 heteroatoms. The van der Waals surface area contributed by atoms with E-state index in [4.69, 9.17) is 16.2 Å². The standard InChI is InChI=1S/C14H19N5O3/c15-13(16)10-1-3-11(4-2-10)19-8-7-18(14(19)22)6-5-17-9-12(20)21/h1-4,17H,5-9H2,(H3,15,16)(H,20,21). The quantitative estimate of drug-likeness (QED) is 0.318. The van der Waals surface area contributed by atoms with Crippen molar-refractivity contribution in [1.82, 2.24) is 10.2 Å². The maximum atomic E-state index is 12.3. The van der Waals surface area contributed by atoms with E-state index in [1.165, 1.54) is 0 Å². The second-order valence-electron chi connectivity index (χ2n) is 4.95. The molecule has 0 radical (unpaired) electrons. The number of anilines is 1. The summed E-state index contributed by atoms with van der Waals surface area (Å²) in [4.78, 5) is 26.0. The molecule has 8 nitrogen and oxygen atoms in total. The number of hydrogen-bond donors (Lipinski definition) is 4. The molecule has 0 saturated carbocycles. The Hall–Kier alpha value is -2.61. The molecule has 0 aromatic heterocycles. The summed E-state index contributed by atoms with van der Waals surface area (Å²) in [5, 5.41) is 18.6. The highest BCUT2D eigenvalue weighted by Crippen LogP contribution is 2.20. The van der Waals surface area contributed by atoms with Crippen molar-refractivity contribution in [3.05, 3.63) is 29.8 Å². The largest absolute Gasteiger partial charge is 0.480 e. The average Bonchev–Trinajstić information content (AvgIpc) is 2.85. The average molecular weight is 305 g/mol. The van der Waals surface area contributed by atoms with Gasteiger partial charge >= 0.3 is 12.0 Å². The Balaban J connectivity index is 1.90. The highest BCUT2D eigenvalue weighted by Gasteiger charge is 2.28. The number of carbonyl (C=O) groups is 2. The smallest absolute Gasteiger partial charge is 0.324 e. The fourth-order valence-electron chi connectivity index (χ4n) is 2.26. The number of aliphatic carboxylic acids is 1. The van der Waals surface area contributed by atoms with E-state index in [1.807, 2.05) is 0 Å². The minimum absolute atomic E-state index is 0.00886. The van der Waals surface area contributed by atoms with Crippen LogP contribution in [0.1, 0.15) is 5.56 Å². The number of carboxylic acids is 1. The van der Waals surface area contributed by atoms with Crippen molar-refractivity contribution in [2.24, 2.45) is 5.73 Å². The van der Waals surface area contributed by atoms with Crippen LogP contribution in [0, 0.1) is 5.41 Å². The number of amides is 2. The third-order valence-electron chi connectivity index (χ3n) is 3.42. The van der Waals surface area contributed by atoms with Crippen LogP contribution < -0.4 is 16.0 Å². The molecule has 1 aliphatic rings. The van der Waals surface area contributed by atoms with E-state index in [1.54, 1.807) is 34.1 Å². The summed E-state index contributed by atoms with van der Waals surface area (Å²) < 4.78 is 0. The number of benzene rings is 1. The summed E-state index contributed by atoms with van der Waals surface area (Å²) in [6.45, 7) is 1.97. The predicted molar refractivity (Wildman–Crippen MR) is 82.3 cm³/mol. The number of nitrogen functional groups attached to an aromatic ring is 1. The lowest BCUT2D eigenvalue weighted by molar-refractivity contribution is -0.135. The van der Waals surface area contributed by atoms with E-state index < -0.39 is 5.97 Å². The summed E-state index contributed by atoms with van der Waals surface area (Å²) >= 11 is 0. The number of carbonyl (C=O) groups excluding carboxylic acids is 1. The van der Waals surface area contributed by atoms with E-state index in [9.17, 15) is 9.59 Å². The van der Waals surface area contributed by atoms with Crippen LogP contribution in [0.4, 0.5) is 10.5 Å². The minimum Gasteiger partial charge on any atom is -0.480 e. The van der Waals surface area contributed by atoms with E-state index in [2.05, 4.69) is 5.32 Å². The van der Waals surface area contributed by atoms with Gasteiger partial charge in [-0.15, -0.1) is 0 Å². The molecule has 1 saturated heterocycles.